The maximum atomic E-state index is 10.8. The Morgan fingerprint density at radius 2 is 2.15 bits per heavy atom. The maximum Gasteiger partial charge on any atom is 0.290 e. The number of aromatic nitrogens is 1. The van der Waals surface area contributed by atoms with Gasteiger partial charge in [-0.25, -0.2) is 4.98 Å². The molecule has 110 valence electrons. The molecule has 1 aliphatic heterocycles. The molecule has 0 aliphatic carbocycles. The molecule has 1 aromatic rings. The highest BCUT2D eigenvalue weighted by molar-refractivity contribution is 5.48. The molecule has 5 nitrogen and oxygen atoms in total. The van der Waals surface area contributed by atoms with Gasteiger partial charge in [0.1, 0.15) is 12.0 Å². The van der Waals surface area contributed by atoms with Gasteiger partial charge in [-0.2, -0.15) is 0 Å². The normalized spacial score (nSPS) is 20.0. The summed E-state index contributed by atoms with van der Waals surface area (Å²) in [6.45, 7) is 8.34. The van der Waals surface area contributed by atoms with E-state index in [-0.39, 0.29) is 10.6 Å². The Hall–Kier alpha value is -1.65. The summed E-state index contributed by atoms with van der Waals surface area (Å²) in [6.07, 6.45) is 4.99. The number of anilines is 1. The molecule has 20 heavy (non-hydrogen) atoms. The van der Waals surface area contributed by atoms with E-state index < -0.39 is 0 Å². The molecular weight excluding hydrogens is 254 g/mol. The number of nitro groups is 1. The van der Waals surface area contributed by atoms with Gasteiger partial charge in [-0.1, -0.05) is 13.8 Å². The zero-order valence-electron chi connectivity index (χ0n) is 12.5. The van der Waals surface area contributed by atoms with Crippen molar-refractivity contribution in [3.05, 3.63) is 27.9 Å². The molecule has 0 spiro atoms. The van der Waals surface area contributed by atoms with E-state index in [4.69, 9.17) is 0 Å². The Balaban J connectivity index is 2.12. The Labute approximate surface area is 120 Å². The molecule has 0 N–H and O–H groups in total. The topological polar surface area (TPSA) is 59.3 Å². The number of aryl methyl sites for hydroxylation is 1. The molecule has 0 radical (unpaired) electrons. The lowest BCUT2D eigenvalue weighted by Crippen LogP contribution is -2.25. The van der Waals surface area contributed by atoms with Gasteiger partial charge in [0.15, 0.2) is 0 Å². The molecule has 1 aliphatic rings. The third kappa shape index (κ3) is 3.26. The summed E-state index contributed by atoms with van der Waals surface area (Å²) in [5.41, 5.74) is 0.785. The van der Waals surface area contributed by atoms with Crippen LogP contribution in [0.2, 0.25) is 0 Å². The third-order valence-corrected chi connectivity index (χ3v) is 4.30. The molecule has 0 aromatic carbocycles. The van der Waals surface area contributed by atoms with Crippen molar-refractivity contribution in [2.24, 2.45) is 11.8 Å². The van der Waals surface area contributed by atoms with Crippen LogP contribution in [0.25, 0.3) is 0 Å². The molecular formula is C15H23N3O2. The minimum absolute atomic E-state index is 0.101. The summed E-state index contributed by atoms with van der Waals surface area (Å²) in [6, 6.07) is 1.84. The van der Waals surface area contributed by atoms with Gasteiger partial charge in [0.25, 0.3) is 5.69 Å². The van der Waals surface area contributed by atoms with Crippen LogP contribution < -0.4 is 4.90 Å². The smallest absolute Gasteiger partial charge is 0.290 e. The van der Waals surface area contributed by atoms with Gasteiger partial charge < -0.3 is 4.90 Å². The summed E-state index contributed by atoms with van der Waals surface area (Å²) in [5.74, 6) is 2.37. The molecule has 1 saturated heterocycles. The minimum atomic E-state index is -0.372. The average Bonchev–Trinajstić information content (AvgIpc) is 2.63. The largest absolute Gasteiger partial charge is 0.357 e. The molecule has 1 unspecified atom stereocenters. The Morgan fingerprint density at radius 3 is 2.75 bits per heavy atom. The van der Waals surface area contributed by atoms with Crippen LogP contribution in [0.4, 0.5) is 11.5 Å². The summed E-state index contributed by atoms with van der Waals surface area (Å²) >= 11 is 0. The summed E-state index contributed by atoms with van der Waals surface area (Å²) in [7, 11) is 0. The van der Waals surface area contributed by atoms with E-state index in [1.165, 1.54) is 25.5 Å². The van der Waals surface area contributed by atoms with E-state index in [1.54, 1.807) is 6.92 Å². The van der Waals surface area contributed by atoms with Crippen LogP contribution in [0.5, 0.6) is 0 Å². The highest BCUT2D eigenvalue weighted by atomic mass is 16.6. The van der Waals surface area contributed by atoms with Gasteiger partial charge in [0.2, 0.25) is 0 Å². The first-order chi connectivity index (χ1) is 9.49. The standard InChI is InChI=1S/C15H23N3O2/c1-11(2)13-5-4-7-17(8-6-13)15-9-12(3)14(10-16-15)18(19)20/h9-11,13H,4-8H2,1-3H3. The lowest BCUT2D eigenvalue weighted by Gasteiger charge is -2.22. The fourth-order valence-electron chi connectivity index (χ4n) is 2.92. The van der Waals surface area contributed by atoms with Crippen molar-refractivity contribution in [1.82, 2.24) is 4.98 Å². The molecule has 5 heteroatoms. The highest BCUT2D eigenvalue weighted by Gasteiger charge is 2.21. The fourth-order valence-corrected chi connectivity index (χ4v) is 2.92. The quantitative estimate of drug-likeness (QED) is 0.626. The summed E-state index contributed by atoms with van der Waals surface area (Å²) in [4.78, 5) is 17.0. The zero-order valence-corrected chi connectivity index (χ0v) is 12.5. The van der Waals surface area contributed by atoms with Crippen LogP contribution in [-0.2, 0) is 0 Å². The van der Waals surface area contributed by atoms with E-state index in [0.717, 1.165) is 30.7 Å². The van der Waals surface area contributed by atoms with Crippen molar-refractivity contribution >= 4 is 11.5 Å². The molecule has 0 saturated carbocycles. The van der Waals surface area contributed by atoms with Crippen LogP contribution in [0.1, 0.15) is 38.7 Å². The Morgan fingerprint density at radius 1 is 1.40 bits per heavy atom. The fraction of sp³-hybridized carbons (Fsp3) is 0.667. The molecule has 2 heterocycles. The molecule has 1 atom stereocenters. The number of nitrogens with zero attached hydrogens (tertiary/aromatic N) is 3. The summed E-state index contributed by atoms with van der Waals surface area (Å²) < 4.78 is 0. The van der Waals surface area contributed by atoms with Crippen molar-refractivity contribution in [3.63, 3.8) is 0 Å². The first-order valence-corrected chi connectivity index (χ1v) is 7.35. The van der Waals surface area contributed by atoms with E-state index >= 15 is 0 Å². The second-order valence-electron chi connectivity index (χ2n) is 6.01. The van der Waals surface area contributed by atoms with Crippen molar-refractivity contribution in [2.45, 2.75) is 40.0 Å². The van der Waals surface area contributed by atoms with Crippen molar-refractivity contribution in [3.8, 4) is 0 Å². The number of hydrogen-bond acceptors (Lipinski definition) is 4. The number of rotatable bonds is 3. The predicted molar refractivity (Wildman–Crippen MR) is 80.0 cm³/mol. The van der Waals surface area contributed by atoms with Crippen molar-refractivity contribution in [2.75, 3.05) is 18.0 Å². The highest BCUT2D eigenvalue weighted by Crippen LogP contribution is 2.28. The first-order valence-electron chi connectivity index (χ1n) is 7.35. The van der Waals surface area contributed by atoms with Crippen molar-refractivity contribution < 1.29 is 4.92 Å². The SMILES string of the molecule is Cc1cc(N2CCCC(C(C)C)CC2)ncc1[N+](=O)[O-]. The lowest BCUT2D eigenvalue weighted by molar-refractivity contribution is -0.385. The lowest BCUT2D eigenvalue weighted by atomic mass is 9.89. The van der Waals surface area contributed by atoms with Gasteiger partial charge >= 0.3 is 0 Å². The van der Waals surface area contributed by atoms with Crippen LogP contribution in [0.3, 0.4) is 0 Å². The second-order valence-corrected chi connectivity index (χ2v) is 6.01. The monoisotopic (exact) mass is 277 g/mol. The Kier molecular flexibility index (Phi) is 4.57. The van der Waals surface area contributed by atoms with Gasteiger partial charge in [0.05, 0.1) is 4.92 Å². The van der Waals surface area contributed by atoms with Crippen LogP contribution in [-0.4, -0.2) is 23.0 Å². The molecule has 1 fully saturated rings. The van der Waals surface area contributed by atoms with Crippen molar-refractivity contribution in [1.29, 1.82) is 0 Å². The second kappa shape index (κ2) is 6.20. The van der Waals surface area contributed by atoms with Gasteiger partial charge in [-0.15, -0.1) is 0 Å². The Bertz CT molecular complexity index is 488. The zero-order chi connectivity index (χ0) is 14.7. The minimum Gasteiger partial charge on any atom is -0.357 e. The van der Waals surface area contributed by atoms with E-state index in [9.17, 15) is 10.1 Å². The number of pyridine rings is 1. The average molecular weight is 277 g/mol. The first kappa shape index (κ1) is 14.8. The van der Waals surface area contributed by atoms with Gasteiger partial charge in [-0.05, 0) is 44.1 Å². The number of hydrogen-bond donors (Lipinski definition) is 0. The van der Waals surface area contributed by atoms with Crippen LogP contribution >= 0.6 is 0 Å². The molecule has 0 amide bonds. The maximum absolute atomic E-state index is 10.8. The van der Waals surface area contributed by atoms with E-state index in [0.29, 0.717) is 5.56 Å². The molecule has 0 bridgehead atoms. The molecule has 2 rings (SSSR count). The van der Waals surface area contributed by atoms with Gasteiger partial charge in [0, 0.05) is 18.7 Å². The molecule has 1 aromatic heterocycles. The van der Waals surface area contributed by atoms with E-state index in [2.05, 4.69) is 23.7 Å². The van der Waals surface area contributed by atoms with Crippen LogP contribution in [0.15, 0.2) is 12.3 Å². The third-order valence-electron chi connectivity index (χ3n) is 4.30. The predicted octanol–water partition coefficient (Wildman–Crippen LogP) is 3.56. The van der Waals surface area contributed by atoms with E-state index in [1.807, 2.05) is 6.07 Å². The van der Waals surface area contributed by atoms with Crippen LogP contribution in [0, 0.1) is 28.9 Å². The summed E-state index contributed by atoms with van der Waals surface area (Å²) in [5, 5.41) is 10.8. The van der Waals surface area contributed by atoms with Gasteiger partial charge in [-0.3, -0.25) is 10.1 Å².